The van der Waals surface area contributed by atoms with Crippen LogP contribution in [0.3, 0.4) is 0 Å². The van der Waals surface area contributed by atoms with Gasteiger partial charge in [0.15, 0.2) is 0 Å². The predicted molar refractivity (Wildman–Crippen MR) is 156 cm³/mol. The van der Waals surface area contributed by atoms with Gasteiger partial charge in [-0.2, -0.15) is 0 Å². The molecular weight excluding hydrogens is 528 g/mol. The van der Waals surface area contributed by atoms with Crippen LogP contribution >= 0.6 is 0 Å². The summed E-state index contributed by atoms with van der Waals surface area (Å²) in [5.74, 6) is 0. The van der Waals surface area contributed by atoms with Gasteiger partial charge in [0.05, 0.1) is 33.1 Å². The van der Waals surface area contributed by atoms with E-state index in [1.165, 1.54) is 0 Å². The average Bonchev–Trinajstić information content (AvgIpc) is 3.63. The molecule has 7 rings (SSSR count). The van der Waals surface area contributed by atoms with Crippen LogP contribution in [0.1, 0.15) is 0 Å². The molecule has 9 nitrogen and oxygen atoms in total. The van der Waals surface area contributed by atoms with Crippen LogP contribution in [0, 0.1) is 0 Å². The molecule has 6 N–H and O–H groups in total. The van der Waals surface area contributed by atoms with Crippen molar-refractivity contribution < 1.29 is 0 Å². The lowest BCUT2D eigenvalue weighted by atomic mass is 10.2. The first-order valence-electron chi connectivity index (χ1n) is 12.3. The fraction of sp³-hybridized carbons (Fsp3) is 0. The molecule has 0 saturated carbocycles. The fourth-order valence-electron chi connectivity index (χ4n) is 4.46. The minimum atomic E-state index is -0.349. The molecule has 42 heavy (non-hydrogen) atoms. The van der Waals surface area contributed by atoms with Crippen LogP contribution in [0.25, 0.3) is 67.5 Å². The molecule has 192 valence electrons. The summed E-state index contributed by atoms with van der Waals surface area (Å²) >= 11 is 0. The molecule has 0 bridgehead atoms. The number of nitrogens with one attached hydrogen (secondary N) is 6. The van der Waals surface area contributed by atoms with Crippen LogP contribution in [0.2, 0.25) is 0 Å². The lowest BCUT2D eigenvalue weighted by Gasteiger charge is -1.87. The topological polar surface area (TPSA) is 146 Å². The number of aromatic nitrogens is 6. The highest BCUT2D eigenvalue weighted by Gasteiger charge is 2.00. The predicted octanol–water partition coefficient (Wildman–Crippen LogP) is -1.51. The maximum atomic E-state index is 11.9. The number of aromatic amines is 6. The first kappa shape index (κ1) is 23.9. The van der Waals surface area contributed by atoms with Gasteiger partial charge in [-0.25, -0.2) is 14.4 Å². The summed E-state index contributed by atoms with van der Waals surface area (Å²) in [6, 6.07) is 10.3. The van der Waals surface area contributed by atoms with E-state index in [1.54, 1.807) is 36.4 Å². The number of fused-ring (bicyclic) bond motifs is 6. The van der Waals surface area contributed by atoms with E-state index in [1.807, 2.05) is 0 Å². The lowest BCUT2D eigenvalue weighted by Crippen LogP contribution is -2.22. The Balaban J connectivity index is 1.80. The van der Waals surface area contributed by atoms with E-state index in [0.717, 1.165) is 0 Å². The molecule has 3 heterocycles. The van der Waals surface area contributed by atoms with Crippen LogP contribution < -0.4 is 48.4 Å². The number of benzene rings is 3. The second-order valence-corrected chi connectivity index (χ2v) is 9.07. The number of rotatable bonds is 0. The Morgan fingerprint density at radius 3 is 0.643 bits per heavy atom. The van der Waals surface area contributed by atoms with E-state index in [-0.39, 0.29) is 17.1 Å². The zero-order valence-corrected chi connectivity index (χ0v) is 21.2. The van der Waals surface area contributed by atoms with E-state index < -0.39 is 0 Å². The number of hydrogen-bond donors (Lipinski definition) is 6. The van der Waals surface area contributed by atoms with Crippen molar-refractivity contribution in [3.05, 3.63) is 134 Å². The van der Waals surface area contributed by atoms with Gasteiger partial charge in [0.2, 0.25) is 0 Å². The summed E-state index contributed by atoms with van der Waals surface area (Å²) in [6.07, 6.45) is 0. The highest BCUT2D eigenvalue weighted by atomic mass is 16.1. The van der Waals surface area contributed by atoms with Gasteiger partial charge in [0, 0.05) is 31.3 Å². The Bertz CT molecular complexity index is 2630. The molecule has 0 atom stereocenters. The molecule has 1 aliphatic rings. The van der Waals surface area contributed by atoms with Crippen molar-refractivity contribution in [2.75, 3.05) is 0 Å². The third-order valence-electron chi connectivity index (χ3n) is 6.33. The normalized spacial score (nSPS) is 11.1. The molecule has 6 aromatic rings. The van der Waals surface area contributed by atoms with Gasteiger partial charge in [-0.1, -0.05) is 34.4 Å². The van der Waals surface area contributed by atoms with Gasteiger partial charge < -0.3 is 29.9 Å². The molecular formula is C33H12N6O3. The van der Waals surface area contributed by atoms with E-state index in [2.05, 4.69) is 98.7 Å². The van der Waals surface area contributed by atoms with Crippen LogP contribution in [-0.4, -0.2) is 29.9 Å². The van der Waals surface area contributed by atoms with Crippen molar-refractivity contribution in [3.8, 4) is 0 Å². The zero-order valence-electron chi connectivity index (χ0n) is 21.2. The summed E-state index contributed by atoms with van der Waals surface area (Å²) in [6.45, 7) is 0. The SMILES string of the molecule is O=c1[nH]c2cc3c(cc2[nH]1)=C=C=C=C=c1cc2[nH]c(=O)[nH]c2cc1=C=C=C=C=c1cc2[nH]c(=O)[nH]c2cc1=C=C=C=C=3. The maximum absolute atomic E-state index is 11.9. The molecule has 0 saturated heterocycles. The highest BCUT2D eigenvalue weighted by Crippen LogP contribution is 2.00. The van der Waals surface area contributed by atoms with E-state index in [4.69, 9.17) is 0 Å². The van der Waals surface area contributed by atoms with E-state index in [9.17, 15) is 14.4 Å². The number of hydrogen-bond acceptors (Lipinski definition) is 3. The quantitative estimate of drug-likeness (QED) is 0.130. The third kappa shape index (κ3) is 4.52. The van der Waals surface area contributed by atoms with E-state index >= 15 is 0 Å². The Morgan fingerprint density at radius 1 is 0.310 bits per heavy atom. The molecule has 3 aromatic heterocycles. The molecule has 0 unspecified atom stereocenters. The summed E-state index contributed by atoms with van der Waals surface area (Å²) in [4.78, 5) is 51.9. The summed E-state index contributed by atoms with van der Waals surface area (Å²) in [7, 11) is 0. The molecule has 9 heteroatoms. The molecule has 0 fully saturated rings. The fourth-order valence-corrected chi connectivity index (χ4v) is 4.46. The standard InChI is InChI=1S/C33H12N6O3/c40-31-34-25-13-19-7-1-2-8-20-14-26-28(37-32(41)35-26)16-22(20)10-5-6-12-24-18-30-29(38-33(42)39-30)17-23(24)11-4-3-9-21(19)15-27(25)36-31/h13-18H,(H2,34,36,40)(H2,35,37,41)(H2,38,39,42). The van der Waals surface area contributed by atoms with Crippen molar-refractivity contribution in [3.63, 3.8) is 0 Å². The Kier molecular flexibility index (Phi) is 5.43. The average molecular weight is 540 g/mol. The van der Waals surface area contributed by atoms with Crippen molar-refractivity contribution in [2.24, 2.45) is 0 Å². The van der Waals surface area contributed by atoms with Gasteiger partial charge in [-0.15, -0.1) is 0 Å². The van der Waals surface area contributed by atoms with Crippen molar-refractivity contribution in [1.29, 1.82) is 0 Å². The Labute approximate surface area is 230 Å². The number of H-pyrrole nitrogens is 6. The second-order valence-electron chi connectivity index (χ2n) is 9.07. The first-order chi connectivity index (χ1) is 20.5. The van der Waals surface area contributed by atoms with Crippen LogP contribution in [0.4, 0.5) is 0 Å². The smallest absolute Gasteiger partial charge is 0.306 e. The molecule has 0 amide bonds. The van der Waals surface area contributed by atoms with E-state index in [0.29, 0.717) is 64.4 Å². The molecule has 1 aliphatic carbocycles. The Morgan fingerprint density at radius 2 is 0.476 bits per heavy atom. The van der Waals surface area contributed by atoms with Crippen molar-refractivity contribution in [2.45, 2.75) is 0 Å². The van der Waals surface area contributed by atoms with Crippen molar-refractivity contribution >= 4 is 67.5 Å². The molecule has 0 radical (unpaired) electrons. The first-order valence-corrected chi connectivity index (χ1v) is 12.3. The van der Waals surface area contributed by atoms with Crippen LogP contribution in [0.15, 0.2) is 85.2 Å². The van der Waals surface area contributed by atoms with Crippen LogP contribution in [-0.2, 0) is 0 Å². The lowest BCUT2D eigenvalue weighted by molar-refractivity contribution is 1.21. The van der Waals surface area contributed by atoms with Gasteiger partial charge >= 0.3 is 17.1 Å². The maximum Gasteiger partial charge on any atom is 0.323 e. The molecule has 3 aromatic carbocycles. The number of imidazole rings is 3. The van der Waals surface area contributed by atoms with Crippen LogP contribution in [0.5, 0.6) is 0 Å². The summed E-state index contributed by atoms with van der Waals surface area (Å²) < 4.78 is 0. The molecule has 0 spiro atoms. The third-order valence-corrected chi connectivity index (χ3v) is 6.33. The Hall–Kier alpha value is -7.17. The largest absolute Gasteiger partial charge is 0.323 e. The monoisotopic (exact) mass is 540 g/mol. The van der Waals surface area contributed by atoms with Gasteiger partial charge in [0.25, 0.3) is 0 Å². The second kappa shape index (κ2) is 9.54. The summed E-state index contributed by atoms with van der Waals surface area (Å²) in [5, 5.41) is 3.28. The van der Waals surface area contributed by atoms with Gasteiger partial charge in [-0.3, -0.25) is 0 Å². The molecule has 0 aliphatic heterocycles. The minimum Gasteiger partial charge on any atom is -0.306 e. The van der Waals surface area contributed by atoms with Gasteiger partial charge in [0.1, 0.15) is 0 Å². The summed E-state index contributed by atoms with van der Waals surface area (Å²) in [5.41, 5.74) is 37.5. The highest BCUT2D eigenvalue weighted by molar-refractivity contribution is 5.76. The zero-order chi connectivity index (χ0) is 28.6. The van der Waals surface area contributed by atoms with Gasteiger partial charge in [-0.05, 0) is 70.8 Å². The van der Waals surface area contributed by atoms with Crippen molar-refractivity contribution in [1.82, 2.24) is 29.9 Å². The minimum absolute atomic E-state index is 0.349.